The molecule has 4 saturated carbocycles. The van der Waals surface area contributed by atoms with Gasteiger partial charge in [-0.15, -0.1) is 0 Å². The third kappa shape index (κ3) is 1.88. The minimum absolute atomic E-state index is 0.127. The molecule has 2 heterocycles. The first-order valence-corrected chi connectivity index (χ1v) is 8.95. The smallest absolute Gasteiger partial charge is 0.204 e. The summed E-state index contributed by atoms with van der Waals surface area (Å²) in [6, 6.07) is 1.97. The van der Waals surface area contributed by atoms with E-state index in [4.69, 9.17) is 4.42 Å². The lowest BCUT2D eigenvalue weighted by atomic mass is 9.48. The van der Waals surface area contributed by atoms with Crippen LogP contribution in [0.15, 0.2) is 16.7 Å². The van der Waals surface area contributed by atoms with E-state index in [1.807, 2.05) is 26.1 Å². The Hall–Kier alpha value is -1.64. The quantitative estimate of drug-likeness (QED) is 0.745. The molecule has 0 saturated heterocycles. The fraction of sp³-hybridized carbons (Fsp3) is 0.600. The maximum absolute atomic E-state index is 13.4. The van der Waals surface area contributed by atoms with Crippen LogP contribution in [0.3, 0.4) is 0 Å². The number of carbonyl (C=O) groups is 1. The molecule has 4 aliphatic carbocycles. The molecule has 0 aromatic carbocycles. The van der Waals surface area contributed by atoms with Gasteiger partial charge in [0.15, 0.2) is 11.3 Å². The fourth-order valence-corrected chi connectivity index (χ4v) is 6.04. The fourth-order valence-electron chi connectivity index (χ4n) is 6.04. The van der Waals surface area contributed by atoms with E-state index < -0.39 is 0 Å². The predicted molar refractivity (Wildman–Crippen MR) is 88.4 cm³/mol. The predicted octanol–water partition coefficient (Wildman–Crippen LogP) is 4.84. The number of ketones is 1. The molecule has 2 aromatic heterocycles. The summed E-state index contributed by atoms with van der Waals surface area (Å²) in [6.07, 6.45) is 9.20. The number of pyridine rings is 1. The molecule has 3 heteroatoms. The maximum atomic E-state index is 13.4. The molecule has 6 rings (SSSR count). The van der Waals surface area contributed by atoms with Crippen molar-refractivity contribution >= 4 is 16.8 Å². The zero-order valence-electron chi connectivity index (χ0n) is 13.9. The number of furan rings is 1. The molecule has 3 nitrogen and oxygen atoms in total. The van der Waals surface area contributed by atoms with Crippen molar-refractivity contribution in [3.8, 4) is 0 Å². The van der Waals surface area contributed by atoms with Gasteiger partial charge in [-0.3, -0.25) is 9.78 Å². The van der Waals surface area contributed by atoms with Gasteiger partial charge in [-0.05, 0) is 81.8 Å². The lowest BCUT2D eigenvalue weighted by Crippen LogP contribution is -2.49. The van der Waals surface area contributed by atoms with Crippen LogP contribution in [0.5, 0.6) is 0 Å². The van der Waals surface area contributed by atoms with Crippen LogP contribution < -0.4 is 0 Å². The van der Waals surface area contributed by atoms with E-state index in [1.165, 1.54) is 19.3 Å². The van der Waals surface area contributed by atoms with Crippen molar-refractivity contribution < 1.29 is 9.21 Å². The SMILES string of the molecule is Cc1cnc(C)c2oc(C(=O)C34CC5CC(CC(C5)C3)C4)cc12. The molecule has 0 N–H and O–H groups in total. The molecular weight excluding hydrogens is 286 g/mol. The summed E-state index contributed by atoms with van der Waals surface area (Å²) in [5.41, 5.74) is 2.62. The summed E-state index contributed by atoms with van der Waals surface area (Å²) in [6.45, 7) is 3.98. The summed E-state index contributed by atoms with van der Waals surface area (Å²) in [7, 11) is 0. The number of aromatic nitrogens is 1. The molecule has 4 fully saturated rings. The van der Waals surface area contributed by atoms with Crippen LogP contribution in [0, 0.1) is 37.0 Å². The molecule has 4 bridgehead atoms. The summed E-state index contributed by atoms with van der Waals surface area (Å²) in [4.78, 5) is 17.7. The summed E-state index contributed by atoms with van der Waals surface area (Å²) < 4.78 is 6.02. The maximum Gasteiger partial charge on any atom is 0.204 e. The van der Waals surface area contributed by atoms with E-state index in [1.54, 1.807) is 0 Å². The lowest BCUT2D eigenvalue weighted by Gasteiger charge is -2.55. The Balaban J connectivity index is 1.58. The number of nitrogens with zero attached hydrogens (tertiary/aromatic N) is 1. The molecule has 0 atom stereocenters. The average Bonchev–Trinajstić information content (AvgIpc) is 2.95. The number of fused-ring (bicyclic) bond motifs is 1. The molecule has 2 aromatic rings. The van der Waals surface area contributed by atoms with Crippen molar-refractivity contribution in [2.75, 3.05) is 0 Å². The Morgan fingerprint density at radius 1 is 1.13 bits per heavy atom. The van der Waals surface area contributed by atoms with E-state index >= 15 is 0 Å². The Morgan fingerprint density at radius 3 is 2.30 bits per heavy atom. The number of hydrogen-bond donors (Lipinski definition) is 0. The topological polar surface area (TPSA) is 43.1 Å². The van der Waals surface area contributed by atoms with Crippen LogP contribution in [0.4, 0.5) is 0 Å². The summed E-state index contributed by atoms with van der Waals surface area (Å²) >= 11 is 0. The normalized spacial score (nSPS) is 35.1. The molecule has 0 spiro atoms. The van der Waals surface area contributed by atoms with Gasteiger partial charge in [-0.2, -0.15) is 0 Å². The zero-order chi connectivity index (χ0) is 15.8. The van der Waals surface area contributed by atoms with E-state index in [0.717, 1.165) is 59.2 Å². The molecule has 120 valence electrons. The molecule has 4 aliphatic rings. The van der Waals surface area contributed by atoms with Crippen molar-refractivity contribution in [3.05, 3.63) is 29.3 Å². The van der Waals surface area contributed by atoms with Crippen molar-refractivity contribution in [1.82, 2.24) is 4.98 Å². The molecule has 0 amide bonds. The highest BCUT2D eigenvalue weighted by Gasteiger charge is 2.55. The zero-order valence-corrected chi connectivity index (χ0v) is 13.9. The first-order valence-electron chi connectivity index (χ1n) is 8.95. The van der Waals surface area contributed by atoms with E-state index in [-0.39, 0.29) is 11.2 Å². The van der Waals surface area contributed by atoms with E-state index in [9.17, 15) is 4.79 Å². The Bertz CT molecular complexity index is 742. The number of aryl methyl sites for hydroxylation is 2. The van der Waals surface area contributed by atoms with Gasteiger partial charge in [-0.25, -0.2) is 0 Å². The standard InChI is InChI=1S/C20H23NO2/c1-11-10-21-12(2)18-16(11)6-17(23-18)19(22)20-7-13-3-14(8-20)5-15(4-13)9-20/h6,10,13-15H,3-5,7-9H2,1-2H3. The van der Waals surface area contributed by atoms with Crippen molar-refractivity contribution in [1.29, 1.82) is 0 Å². The Labute approximate surface area is 136 Å². The summed E-state index contributed by atoms with van der Waals surface area (Å²) in [5.74, 6) is 3.17. The van der Waals surface area contributed by atoms with Crippen LogP contribution in [-0.2, 0) is 0 Å². The first kappa shape index (κ1) is 13.8. The van der Waals surface area contributed by atoms with Crippen molar-refractivity contribution in [2.24, 2.45) is 23.2 Å². The largest absolute Gasteiger partial charge is 0.451 e. The van der Waals surface area contributed by atoms with Gasteiger partial charge >= 0.3 is 0 Å². The van der Waals surface area contributed by atoms with Crippen LogP contribution in [-0.4, -0.2) is 10.8 Å². The van der Waals surface area contributed by atoms with Gasteiger partial charge in [0, 0.05) is 17.0 Å². The Morgan fingerprint density at radius 2 is 1.74 bits per heavy atom. The van der Waals surface area contributed by atoms with Crippen LogP contribution in [0.2, 0.25) is 0 Å². The Kier molecular flexibility index (Phi) is 2.67. The third-order valence-corrected chi connectivity index (χ3v) is 6.68. The van der Waals surface area contributed by atoms with Crippen molar-refractivity contribution in [3.63, 3.8) is 0 Å². The monoisotopic (exact) mass is 309 g/mol. The minimum Gasteiger partial charge on any atom is -0.451 e. The van der Waals surface area contributed by atoms with Crippen LogP contribution >= 0.6 is 0 Å². The van der Waals surface area contributed by atoms with Crippen LogP contribution in [0.1, 0.15) is 60.3 Å². The van der Waals surface area contributed by atoms with Gasteiger partial charge in [-0.1, -0.05) is 0 Å². The van der Waals surface area contributed by atoms with E-state index in [0.29, 0.717) is 5.76 Å². The number of Topliss-reactive ketones (excluding diaryl/α,β-unsaturated/α-hetero) is 1. The molecular formula is C20H23NO2. The van der Waals surface area contributed by atoms with Gasteiger partial charge in [0.2, 0.25) is 5.78 Å². The highest BCUT2D eigenvalue weighted by molar-refractivity contribution is 6.02. The average molecular weight is 309 g/mol. The van der Waals surface area contributed by atoms with Gasteiger partial charge in [0.1, 0.15) is 0 Å². The number of hydrogen-bond acceptors (Lipinski definition) is 3. The number of carbonyl (C=O) groups excluding carboxylic acids is 1. The second-order valence-electron chi connectivity index (χ2n) is 8.41. The molecule has 0 radical (unpaired) electrons. The third-order valence-electron chi connectivity index (χ3n) is 6.68. The van der Waals surface area contributed by atoms with Gasteiger partial charge in [0.05, 0.1) is 5.69 Å². The second-order valence-corrected chi connectivity index (χ2v) is 8.41. The highest BCUT2D eigenvalue weighted by atomic mass is 16.3. The van der Waals surface area contributed by atoms with Gasteiger partial charge < -0.3 is 4.42 Å². The second kappa shape index (κ2) is 4.46. The van der Waals surface area contributed by atoms with Crippen LogP contribution in [0.25, 0.3) is 11.0 Å². The minimum atomic E-state index is -0.127. The van der Waals surface area contributed by atoms with E-state index in [2.05, 4.69) is 4.98 Å². The number of rotatable bonds is 2. The molecule has 0 unspecified atom stereocenters. The highest BCUT2D eigenvalue weighted by Crippen LogP contribution is 2.61. The van der Waals surface area contributed by atoms with Gasteiger partial charge in [0.25, 0.3) is 0 Å². The first-order chi connectivity index (χ1) is 11.0. The summed E-state index contributed by atoms with van der Waals surface area (Å²) in [5, 5.41) is 1.05. The molecule has 23 heavy (non-hydrogen) atoms. The molecule has 0 aliphatic heterocycles. The lowest BCUT2D eigenvalue weighted by molar-refractivity contribution is -0.0364. The van der Waals surface area contributed by atoms with Crippen molar-refractivity contribution in [2.45, 2.75) is 52.4 Å².